The van der Waals surface area contributed by atoms with Gasteiger partial charge in [-0.2, -0.15) is 0 Å². The Balaban J connectivity index is 3.21. The molecule has 0 saturated heterocycles. The van der Waals surface area contributed by atoms with Crippen LogP contribution in [-0.4, -0.2) is 9.79 Å². The van der Waals surface area contributed by atoms with Gasteiger partial charge in [0.25, 0.3) is 0 Å². The Morgan fingerprint density at radius 1 is 1.06 bits per heavy atom. The Bertz CT molecular complexity index is 348. The Hall–Kier alpha value is -0.630. The summed E-state index contributed by atoms with van der Waals surface area (Å²) >= 11 is 0. The van der Waals surface area contributed by atoms with Gasteiger partial charge in [-0.25, -0.2) is 0 Å². The van der Waals surface area contributed by atoms with E-state index in [4.69, 9.17) is 14.3 Å². The zero-order valence-electron chi connectivity index (χ0n) is 10.1. The summed E-state index contributed by atoms with van der Waals surface area (Å²) in [6.45, 7) is 8.38. The van der Waals surface area contributed by atoms with Crippen LogP contribution in [0.2, 0.25) is 0 Å². The molecule has 0 saturated carbocycles. The second-order valence-electron chi connectivity index (χ2n) is 4.41. The first kappa shape index (κ1) is 13.4. The molecule has 1 aromatic carbocycles. The van der Waals surface area contributed by atoms with E-state index in [1.165, 1.54) is 5.56 Å². The van der Waals surface area contributed by atoms with E-state index < -0.39 is 8.60 Å². The summed E-state index contributed by atoms with van der Waals surface area (Å²) in [6, 6.07) is 5.72. The fraction of sp³-hybridized carbons (Fsp3) is 0.500. The molecule has 4 heteroatoms. The molecular weight excluding hydrogens is 223 g/mol. The van der Waals surface area contributed by atoms with Gasteiger partial charge in [-0.15, -0.1) is 0 Å². The zero-order valence-corrected chi connectivity index (χ0v) is 11.0. The average molecular weight is 242 g/mol. The van der Waals surface area contributed by atoms with Crippen LogP contribution in [0.5, 0.6) is 5.75 Å². The van der Waals surface area contributed by atoms with Gasteiger partial charge in [0, 0.05) is 5.56 Å². The van der Waals surface area contributed by atoms with Crippen LogP contribution in [0.25, 0.3) is 0 Å². The lowest BCUT2D eigenvalue weighted by Crippen LogP contribution is -2.01. The average Bonchev–Trinajstić information content (AvgIpc) is 2.15. The van der Waals surface area contributed by atoms with Crippen molar-refractivity contribution >= 4 is 8.60 Å². The minimum Gasteiger partial charge on any atom is -0.427 e. The highest BCUT2D eigenvalue weighted by molar-refractivity contribution is 7.39. The van der Waals surface area contributed by atoms with E-state index in [1.807, 2.05) is 6.07 Å². The SMILES string of the molecule is CC(C)c1cccc(OP(O)O)c1C(C)C. The molecular formula is C12H19O3P. The third-order valence-corrected chi connectivity index (χ3v) is 2.84. The summed E-state index contributed by atoms with van der Waals surface area (Å²) in [4.78, 5) is 17.9. The third-order valence-electron chi connectivity index (χ3n) is 2.48. The van der Waals surface area contributed by atoms with Gasteiger partial charge in [-0.1, -0.05) is 39.8 Å². The van der Waals surface area contributed by atoms with Gasteiger partial charge >= 0.3 is 8.60 Å². The molecule has 0 aliphatic heterocycles. The highest BCUT2D eigenvalue weighted by Crippen LogP contribution is 2.38. The van der Waals surface area contributed by atoms with Gasteiger partial charge in [0.05, 0.1) is 0 Å². The second-order valence-corrected chi connectivity index (χ2v) is 5.10. The molecule has 16 heavy (non-hydrogen) atoms. The van der Waals surface area contributed by atoms with Crippen molar-refractivity contribution in [3.05, 3.63) is 29.3 Å². The first-order valence-electron chi connectivity index (χ1n) is 5.42. The number of rotatable bonds is 4. The predicted molar refractivity (Wildman–Crippen MR) is 66.6 cm³/mol. The van der Waals surface area contributed by atoms with Crippen LogP contribution in [-0.2, 0) is 0 Å². The fourth-order valence-electron chi connectivity index (χ4n) is 1.85. The van der Waals surface area contributed by atoms with E-state index in [1.54, 1.807) is 6.07 Å². The van der Waals surface area contributed by atoms with E-state index in [0.29, 0.717) is 17.6 Å². The molecule has 0 atom stereocenters. The molecule has 0 amide bonds. The standard InChI is InChI=1S/C12H19O3P/c1-8(2)10-6-5-7-11(15-16(13)14)12(10)9(3)4/h5-9,13-14H,1-4H3. The molecule has 2 N–H and O–H groups in total. The summed E-state index contributed by atoms with van der Waals surface area (Å²) in [7, 11) is -2.35. The Labute approximate surface area is 98.1 Å². The van der Waals surface area contributed by atoms with Crippen molar-refractivity contribution in [2.75, 3.05) is 0 Å². The second kappa shape index (κ2) is 5.62. The molecule has 0 bridgehead atoms. The first-order chi connectivity index (χ1) is 7.43. The van der Waals surface area contributed by atoms with Crippen LogP contribution in [0.1, 0.15) is 50.7 Å². The predicted octanol–water partition coefficient (Wildman–Crippen LogP) is 3.52. The molecule has 90 valence electrons. The van der Waals surface area contributed by atoms with Crippen LogP contribution >= 0.6 is 8.60 Å². The van der Waals surface area contributed by atoms with E-state index >= 15 is 0 Å². The molecule has 0 heterocycles. The lowest BCUT2D eigenvalue weighted by molar-refractivity contribution is 0.372. The normalized spacial score (nSPS) is 11.6. The lowest BCUT2D eigenvalue weighted by Gasteiger charge is -2.20. The number of hydrogen-bond donors (Lipinski definition) is 2. The van der Waals surface area contributed by atoms with Crippen molar-refractivity contribution in [2.45, 2.75) is 39.5 Å². The van der Waals surface area contributed by atoms with E-state index in [0.717, 1.165) is 5.56 Å². The summed E-state index contributed by atoms with van der Waals surface area (Å²) in [5.74, 6) is 1.27. The summed E-state index contributed by atoms with van der Waals surface area (Å²) < 4.78 is 5.07. The van der Waals surface area contributed by atoms with Crippen LogP contribution in [0.3, 0.4) is 0 Å². The quantitative estimate of drug-likeness (QED) is 0.794. The maximum Gasteiger partial charge on any atom is 0.391 e. The molecule has 0 fully saturated rings. The Kier molecular flexibility index (Phi) is 4.72. The lowest BCUT2D eigenvalue weighted by atomic mass is 9.90. The highest BCUT2D eigenvalue weighted by atomic mass is 31.2. The smallest absolute Gasteiger partial charge is 0.391 e. The molecule has 0 aliphatic carbocycles. The van der Waals surface area contributed by atoms with E-state index in [-0.39, 0.29) is 0 Å². The summed E-state index contributed by atoms with van der Waals surface area (Å²) in [6.07, 6.45) is 0. The minimum atomic E-state index is -2.35. The number of hydrogen-bond acceptors (Lipinski definition) is 3. The van der Waals surface area contributed by atoms with Gasteiger partial charge in [0.1, 0.15) is 5.75 Å². The Morgan fingerprint density at radius 3 is 2.12 bits per heavy atom. The van der Waals surface area contributed by atoms with Gasteiger partial charge in [0.2, 0.25) is 0 Å². The fourth-order valence-corrected chi connectivity index (χ4v) is 2.19. The first-order valence-corrected chi connectivity index (χ1v) is 6.58. The van der Waals surface area contributed by atoms with Crippen molar-refractivity contribution in [3.8, 4) is 5.75 Å². The molecule has 0 aliphatic rings. The topological polar surface area (TPSA) is 49.7 Å². The van der Waals surface area contributed by atoms with Crippen LogP contribution in [0, 0.1) is 0 Å². The molecule has 0 radical (unpaired) electrons. The molecule has 1 aromatic rings. The minimum absolute atomic E-state index is 0.295. The zero-order chi connectivity index (χ0) is 12.3. The van der Waals surface area contributed by atoms with Crippen molar-refractivity contribution in [1.82, 2.24) is 0 Å². The van der Waals surface area contributed by atoms with Crippen molar-refractivity contribution < 1.29 is 14.3 Å². The van der Waals surface area contributed by atoms with E-state index in [2.05, 4.69) is 33.8 Å². The van der Waals surface area contributed by atoms with Gasteiger partial charge in [-0.05, 0) is 23.5 Å². The maximum absolute atomic E-state index is 8.94. The summed E-state index contributed by atoms with van der Waals surface area (Å²) in [5, 5.41) is 0. The monoisotopic (exact) mass is 242 g/mol. The largest absolute Gasteiger partial charge is 0.427 e. The molecule has 1 rings (SSSR count). The van der Waals surface area contributed by atoms with Crippen molar-refractivity contribution in [2.24, 2.45) is 0 Å². The summed E-state index contributed by atoms with van der Waals surface area (Å²) in [5.41, 5.74) is 2.26. The third kappa shape index (κ3) is 3.18. The van der Waals surface area contributed by atoms with Gasteiger partial charge in [-0.3, -0.25) is 0 Å². The van der Waals surface area contributed by atoms with Crippen molar-refractivity contribution in [3.63, 3.8) is 0 Å². The van der Waals surface area contributed by atoms with Gasteiger partial charge in [0.15, 0.2) is 0 Å². The Morgan fingerprint density at radius 2 is 1.69 bits per heavy atom. The highest BCUT2D eigenvalue weighted by Gasteiger charge is 2.17. The maximum atomic E-state index is 8.94. The van der Waals surface area contributed by atoms with Crippen LogP contribution < -0.4 is 4.52 Å². The van der Waals surface area contributed by atoms with Gasteiger partial charge < -0.3 is 14.3 Å². The van der Waals surface area contributed by atoms with Crippen LogP contribution in [0.15, 0.2) is 18.2 Å². The molecule has 0 aromatic heterocycles. The molecule has 3 nitrogen and oxygen atoms in total. The van der Waals surface area contributed by atoms with Crippen LogP contribution in [0.4, 0.5) is 0 Å². The van der Waals surface area contributed by atoms with E-state index in [9.17, 15) is 0 Å². The van der Waals surface area contributed by atoms with Crippen molar-refractivity contribution in [1.29, 1.82) is 0 Å². The number of benzene rings is 1. The molecule has 0 unspecified atom stereocenters. The molecule has 0 spiro atoms.